The summed E-state index contributed by atoms with van der Waals surface area (Å²) < 4.78 is 0. The number of carboxylic acid groups (broad SMARTS) is 1. The van der Waals surface area contributed by atoms with Crippen molar-refractivity contribution in [1.82, 2.24) is 4.98 Å². The first-order chi connectivity index (χ1) is 8.36. The zero-order valence-corrected chi connectivity index (χ0v) is 11.6. The Morgan fingerprint density at radius 2 is 2.22 bits per heavy atom. The molecule has 1 atom stereocenters. The summed E-state index contributed by atoms with van der Waals surface area (Å²) in [5, 5.41) is 9.32. The van der Waals surface area contributed by atoms with Crippen molar-refractivity contribution in [2.24, 2.45) is 0 Å². The minimum absolute atomic E-state index is 0.0384. The molecule has 0 saturated heterocycles. The minimum Gasteiger partial charge on any atom is -0.478 e. The van der Waals surface area contributed by atoms with Crippen LogP contribution in [0.25, 0.3) is 0 Å². The Labute approximate surface area is 108 Å². The third kappa shape index (κ3) is 2.02. The van der Waals surface area contributed by atoms with Crippen molar-refractivity contribution in [3.63, 3.8) is 0 Å². The normalized spacial score (nSPS) is 20.8. The lowest BCUT2D eigenvalue weighted by molar-refractivity contribution is 0.0695. The third-order valence-corrected chi connectivity index (χ3v) is 3.86. The number of hydrogen-bond donors (Lipinski definition) is 1. The first-order valence-electron chi connectivity index (χ1n) is 6.64. The molecule has 1 aromatic heterocycles. The van der Waals surface area contributed by atoms with Gasteiger partial charge in [-0.3, -0.25) is 4.98 Å². The molecule has 0 amide bonds. The van der Waals surface area contributed by atoms with E-state index in [2.05, 4.69) is 25.8 Å². The molecule has 0 fully saturated rings. The first kappa shape index (κ1) is 13.1. The molecule has 0 bridgehead atoms. The number of aromatic carboxylic acids is 1. The zero-order chi connectivity index (χ0) is 13.5. The number of aryl methyl sites for hydroxylation is 1. The maximum absolute atomic E-state index is 11.3. The molecule has 2 rings (SSSR count). The molecule has 1 aromatic rings. The van der Waals surface area contributed by atoms with Gasteiger partial charge < -0.3 is 5.11 Å². The van der Waals surface area contributed by atoms with Crippen LogP contribution < -0.4 is 0 Å². The molecule has 1 N–H and O–H groups in total. The molecule has 18 heavy (non-hydrogen) atoms. The van der Waals surface area contributed by atoms with E-state index in [-0.39, 0.29) is 5.41 Å². The van der Waals surface area contributed by atoms with Crippen LogP contribution in [0.4, 0.5) is 0 Å². The van der Waals surface area contributed by atoms with Gasteiger partial charge >= 0.3 is 5.97 Å². The van der Waals surface area contributed by atoms with Crippen molar-refractivity contribution in [2.75, 3.05) is 0 Å². The molecule has 0 aliphatic heterocycles. The smallest absolute Gasteiger partial charge is 0.337 e. The summed E-state index contributed by atoms with van der Waals surface area (Å²) in [5.41, 5.74) is 3.39. The van der Waals surface area contributed by atoms with Gasteiger partial charge in [-0.15, -0.1) is 0 Å². The summed E-state index contributed by atoms with van der Waals surface area (Å²) in [5.74, 6) is -0.433. The topological polar surface area (TPSA) is 50.2 Å². The van der Waals surface area contributed by atoms with E-state index in [9.17, 15) is 9.90 Å². The Hall–Kier alpha value is -1.38. The van der Waals surface area contributed by atoms with Crippen molar-refractivity contribution in [1.29, 1.82) is 0 Å². The monoisotopic (exact) mass is 247 g/mol. The highest BCUT2D eigenvalue weighted by Crippen LogP contribution is 2.45. The van der Waals surface area contributed by atoms with Crippen molar-refractivity contribution in [3.8, 4) is 0 Å². The summed E-state index contributed by atoms with van der Waals surface area (Å²) in [7, 11) is 0. The lowest BCUT2D eigenvalue weighted by Crippen LogP contribution is -2.15. The van der Waals surface area contributed by atoms with Gasteiger partial charge in [-0.2, -0.15) is 0 Å². The van der Waals surface area contributed by atoms with Crippen molar-refractivity contribution in [3.05, 3.63) is 28.6 Å². The van der Waals surface area contributed by atoms with Crippen molar-refractivity contribution >= 4 is 5.97 Å². The van der Waals surface area contributed by atoms with Crippen molar-refractivity contribution in [2.45, 2.75) is 58.3 Å². The van der Waals surface area contributed by atoms with Crippen LogP contribution in [0.3, 0.4) is 0 Å². The van der Waals surface area contributed by atoms with Crippen LogP contribution in [-0.2, 0) is 11.8 Å². The summed E-state index contributed by atoms with van der Waals surface area (Å²) >= 11 is 0. The largest absolute Gasteiger partial charge is 0.478 e. The fourth-order valence-corrected chi connectivity index (χ4v) is 3.07. The van der Waals surface area contributed by atoms with Gasteiger partial charge in [0.2, 0.25) is 0 Å². The van der Waals surface area contributed by atoms with Crippen LogP contribution in [0.15, 0.2) is 6.07 Å². The molecule has 1 aliphatic carbocycles. The quantitative estimate of drug-likeness (QED) is 0.889. The Bertz CT molecular complexity index is 492. The number of aromatic nitrogens is 1. The van der Waals surface area contributed by atoms with E-state index in [4.69, 9.17) is 0 Å². The molecule has 3 nitrogen and oxygen atoms in total. The van der Waals surface area contributed by atoms with E-state index < -0.39 is 5.97 Å². The lowest BCUT2D eigenvalue weighted by Gasteiger charge is -2.19. The van der Waals surface area contributed by atoms with Crippen LogP contribution in [0.5, 0.6) is 0 Å². The molecular formula is C15H21NO2. The van der Waals surface area contributed by atoms with Crippen LogP contribution >= 0.6 is 0 Å². The maximum atomic E-state index is 11.3. The number of rotatable bonds is 3. The summed E-state index contributed by atoms with van der Waals surface area (Å²) in [6.07, 6.45) is 2.70. The summed E-state index contributed by atoms with van der Waals surface area (Å²) in [4.78, 5) is 16.0. The molecule has 0 saturated carbocycles. The van der Waals surface area contributed by atoms with Gasteiger partial charge in [0.15, 0.2) is 0 Å². The number of pyridine rings is 1. The van der Waals surface area contributed by atoms with E-state index >= 15 is 0 Å². The van der Waals surface area contributed by atoms with Gasteiger partial charge in [-0.25, -0.2) is 4.79 Å². The van der Waals surface area contributed by atoms with Crippen LogP contribution in [-0.4, -0.2) is 16.1 Å². The minimum atomic E-state index is -0.857. The van der Waals surface area contributed by atoms with E-state index in [0.717, 1.165) is 36.2 Å². The van der Waals surface area contributed by atoms with E-state index in [1.165, 1.54) is 0 Å². The molecule has 3 heteroatoms. The van der Waals surface area contributed by atoms with Gasteiger partial charge in [0.05, 0.1) is 11.3 Å². The predicted molar refractivity (Wildman–Crippen MR) is 71.2 cm³/mol. The molecule has 1 aliphatic rings. The number of fused-ring (bicyclic) bond motifs is 1. The van der Waals surface area contributed by atoms with Crippen LogP contribution in [0.2, 0.25) is 0 Å². The highest BCUT2D eigenvalue weighted by Gasteiger charge is 2.37. The van der Waals surface area contributed by atoms with Gasteiger partial charge in [0.1, 0.15) is 0 Å². The molecular weight excluding hydrogens is 226 g/mol. The number of hydrogen-bond acceptors (Lipinski definition) is 2. The standard InChI is InChI=1S/C15H21NO2/c1-5-6-12-10(14(17)18)7-11-13(16-12)9(2)8-15(11,3)4/h7,9H,5-6,8H2,1-4H3,(H,17,18). The Kier molecular flexibility index (Phi) is 3.18. The Morgan fingerprint density at radius 1 is 1.56 bits per heavy atom. The van der Waals surface area contributed by atoms with Crippen molar-refractivity contribution < 1.29 is 9.90 Å². The molecule has 0 spiro atoms. The average Bonchev–Trinajstić information content (AvgIpc) is 2.48. The Morgan fingerprint density at radius 3 is 2.78 bits per heavy atom. The van der Waals surface area contributed by atoms with E-state index in [0.29, 0.717) is 11.5 Å². The SMILES string of the molecule is CCCc1nc2c(cc1C(=O)O)C(C)(C)CC2C. The molecule has 0 radical (unpaired) electrons. The van der Waals surface area contributed by atoms with E-state index in [1.807, 2.05) is 13.0 Å². The molecule has 0 aromatic carbocycles. The highest BCUT2D eigenvalue weighted by atomic mass is 16.4. The second-order valence-electron chi connectivity index (χ2n) is 5.96. The summed E-state index contributed by atoms with van der Waals surface area (Å²) in [6, 6.07) is 1.86. The maximum Gasteiger partial charge on any atom is 0.337 e. The van der Waals surface area contributed by atoms with Gasteiger partial charge in [-0.1, -0.05) is 34.1 Å². The van der Waals surface area contributed by atoms with Crippen LogP contribution in [0.1, 0.15) is 73.8 Å². The second kappa shape index (κ2) is 4.38. The molecule has 1 heterocycles. The average molecular weight is 247 g/mol. The van der Waals surface area contributed by atoms with Gasteiger partial charge in [0.25, 0.3) is 0 Å². The first-order valence-corrected chi connectivity index (χ1v) is 6.64. The fourth-order valence-electron chi connectivity index (χ4n) is 3.07. The zero-order valence-electron chi connectivity index (χ0n) is 11.6. The fraction of sp³-hybridized carbons (Fsp3) is 0.600. The number of carboxylic acids is 1. The summed E-state index contributed by atoms with van der Waals surface area (Å²) in [6.45, 7) is 8.56. The third-order valence-electron chi connectivity index (χ3n) is 3.86. The number of carbonyl (C=O) groups is 1. The van der Waals surface area contributed by atoms with Crippen LogP contribution in [0, 0.1) is 0 Å². The molecule has 98 valence electrons. The van der Waals surface area contributed by atoms with Gasteiger partial charge in [0, 0.05) is 5.69 Å². The Balaban J connectivity index is 2.61. The second-order valence-corrected chi connectivity index (χ2v) is 5.96. The predicted octanol–water partition coefficient (Wildman–Crippen LogP) is 3.52. The van der Waals surface area contributed by atoms with Gasteiger partial charge in [-0.05, 0) is 35.8 Å². The molecule has 1 unspecified atom stereocenters. The van der Waals surface area contributed by atoms with E-state index in [1.54, 1.807) is 0 Å². The highest BCUT2D eigenvalue weighted by molar-refractivity contribution is 5.89. The number of nitrogens with zero attached hydrogens (tertiary/aromatic N) is 1. The lowest BCUT2D eigenvalue weighted by atomic mass is 9.85.